The van der Waals surface area contributed by atoms with E-state index in [1.54, 1.807) is 19.1 Å². The Balaban J connectivity index is 2.03. The molecule has 0 unspecified atom stereocenters. The highest BCUT2D eigenvalue weighted by Crippen LogP contribution is 2.27. The number of ketones is 1. The van der Waals surface area contributed by atoms with Gasteiger partial charge in [0.15, 0.2) is 5.78 Å². The van der Waals surface area contributed by atoms with Gasteiger partial charge in [0.1, 0.15) is 0 Å². The van der Waals surface area contributed by atoms with Gasteiger partial charge in [-0.05, 0) is 37.6 Å². The van der Waals surface area contributed by atoms with Gasteiger partial charge in [-0.2, -0.15) is 0 Å². The van der Waals surface area contributed by atoms with Gasteiger partial charge in [0.2, 0.25) is 0 Å². The third-order valence-electron chi connectivity index (χ3n) is 4.30. The number of carbonyl (C=O) groups is 2. The molecular formula is C20H19NO3. The summed E-state index contributed by atoms with van der Waals surface area (Å²) in [6.45, 7) is 4.21. The van der Waals surface area contributed by atoms with Crippen LogP contribution in [0.3, 0.4) is 0 Å². The molecule has 122 valence electrons. The summed E-state index contributed by atoms with van der Waals surface area (Å²) in [5.41, 5.74) is 4.36. The molecule has 0 aliphatic heterocycles. The molecule has 0 N–H and O–H groups in total. The fourth-order valence-electron chi connectivity index (χ4n) is 3.13. The first-order chi connectivity index (χ1) is 11.5. The number of esters is 1. The minimum absolute atomic E-state index is 0.0727. The van der Waals surface area contributed by atoms with Crippen LogP contribution in [0.5, 0.6) is 0 Å². The summed E-state index contributed by atoms with van der Waals surface area (Å²) in [6, 6.07) is 15.3. The van der Waals surface area contributed by atoms with Crippen molar-refractivity contribution in [2.24, 2.45) is 0 Å². The summed E-state index contributed by atoms with van der Waals surface area (Å²) in [4.78, 5) is 23.6. The van der Waals surface area contributed by atoms with Crippen LogP contribution < -0.4 is 0 Å². The van der Waals surface area contributed by atoms with Crippen LogP contribution in [0.4, 0.5) is 0 Å². The molecule has 1 heterocycles. The van der Waals surface area contributed by atoms with Crippen LogP contribution in [0, 0.1) is 6.92 Å². The number of nitrogens with zero attached hydrogens (tertiary/aromatic N) is 1. The smallest absolute Gasteiger partial charge is 0.337 e. The first-order valence-corrected chi connectivity index (χ1v) is 7.79. The van der Waals surface area contributed by atoms with Gasteiger partial charge >= 0.3 is 5.97 Å². The van der Waals surface area contributed by atoms with Crippen LogP contribution in [0.1, 0.15) is 38.9 Å². The molecule has 4 heteroatoms. The summed E-state index contributed by atoms with van der Waals surface area (Å²) in [7, 11) is 1.37. The summed E-state index contributed by atoms with van der Waals surface area (Å²) >= 11 is 0. The number of hydrogen-bond acceptors (Lipinski definition) is 3. The molecule has 0 spiro atoms. The second kappa shape index (κ2) is 6.32. The van der Waals surface area contributed by atoms with Crippen LogP contribution in [0.2, 0.25) is 0 Å². The number of ether oxygens (including phenoxy) is 1. The third kappa shape index (κ3) is 2.71. The Morgan fingerprint density at radius 1 is 1.04 bits per heavy atom. The van der Waals surface area contributed by atoms with Gasteiger partial charge in [-0.25, -0.2) is 4.79 Å². The fraction of sp³-hybridized carbons (Fsp3) is 0.200. The zero-order valence-electron chi connectivity index (χ0n) is 14.0. The summed E-state index contributed by atoms with van der Waals surface area (Å²) < 4.78 is 6.86. The van der Waals surface area contributed by atoms with Gasteiger partial charge in [0.05, 0.1) is 12.7 Å². The quantitative estimate of drug-likeness (QED) is 0.539. The molecule has 3 rings (SSSR count). The van der Waals surface area contributed by atoms with Crippen molar-refractivity contribution in [1.82, 2.24) is 4.57 Å². The van der Waals surface area contributed by atoms with E-state index < -0.39 is 0 Å². The number of carbonyl (C=O) groups excluding carboxylic acids is 2. The Morgan fingerprint density at radius 2 is 1.71 bits per heavy atom. The Hall–Kier alpha value is -2.88. The number of hydrogen-bond donors (Lipinski definition) is 0. The normalized spacial score (nSPS) is 10.8. The Morgan fingerprint density at radius 3 is 2.33 bits per heavy atom. The van der Waals surface area contributed by atoms with E-state index in [-0.39, 0.29) is 11.8 Å². The zero-order valence-corrected chi connectivity index (χ0v) is 14.0. The van der Waals surface area contributed by atoms with Crippen molar-refractivity contribution >= 4 is 22.7 Å². The van der Waals surface area contributed by atoms with Crippen molar-refractivity contribution in [3.05, 3.63) is 70.9 Å². The van der Waals surface area contributed by atoms with E-state index in [2.05, 4.69) is 4.57 Å². The van der Waals surface area contributed by atoms with E-state index >= 15 is 0 Å². The topological polar surface area (TPSA) is 48.3 Å². The highest BCUT2D eigenvalue weighted by atomic mass is 16.5. The summed E-state index contributed by atoms with van der Waals surface area (Å²) in [5, 5.41) is 0.980. The van der Waals surface area contributed by atoms with E-state index in [0.29, 0.717) is 12.1 Å². The molecular weight excluding hydrogens is 302 g/mol. The van der Waals surface area contributed by atoms with Gasteiger partial charge in [-0.15, -0.1) is 0 Å². The number of aromatic nitrogens is 1. The fourth-order valence-corrected chi connectivity index (χ4v) is 3.13. The van der Waals surface area contributed by atoms with Crippen molar-refractivity contribution in [3.63, 3.8) is 0 Å². The average Bonchev–Trinajstić information content (AvgIpc) is 2.87. The maximum Gasteiger partial charge on any atom is 0.337 e. The second-order valence-corrected chi connectivity index (χ2v) is 5.81. The van der Waals surface area contributed by atoms with Crippen molar-refractivity contribution in [1.29, 1.82) is 0 Å². The van der Waals surface area contributed by atoms with Crippen molar-refractivity contribution in [2.75, 3.05) is 7.11 Å². The largest absolute Gasteiger partial charge is 0.465 e. The van der Waals surface area contributed by atoms with Gasteiger partial charge in [-0.3, -0.25) is 4.79 Å². The number of benzene rings is 2. The molecule has 1 aromatic heterocycles. The van der Waals surface area contributed by atoms with Gasteiger partial charge in [0.25, 0.3) is 0 Å². The average molecular weight is 321 g/mol. The summed E-state index contributed by atoms with van der Waals surface area (Å²) in [6.07, 6.45) is 0. The van der Waals surface area contributed by atoms with E-state index in [0.717, 1.165) is 27.7 Å². The molecule has 0 saturated heterocycles. The Bertz CT molecular complexity index is 920. The maximum atomic E-state index is 12.0. The van der Waals surface area contributed by atoms with Gasteiger partial charge in [0, 0.05) is 28.7 Å². The molecule has 0 bridgehead atoms. The molecule has 0 amide bonds. The summed E-state index contributed by atoms with van der Waals surface area (Å²) in [5.74, 6) is -0.272. The van der Waals surface area contributed by atoms with E-state index in [1.165, 1.54) is 7.11 Å². The predicted molar refractivity (Wildman–Crippen MR) is 93.6 cm³/mol. The molecule has 0 aliphatic rings. The first kappa shape index (κ1) is 16.0. The zero-order chi connectivity index (χ0) is 17.3. The van der Waals surface area contributed by atoms with Crippen LogP contribution in [0.15, 0.2) is 48.5 Å². The van der Waals surface area contributed by atoms with E-state index in [9.17, 15) is 9.59 Å². The molecule has 0 saturated carbocycles. The van der Waals surface area contributed by atoms with Gasteiger partial charge < -0.3 is 9.30 Å². The lowest BCUT2D eigenvalue weighted by atomic mass is 10.1. The van der Waals surface area contributed by atoms with Crippen molar-refractivity contribution in [2.45, 2.75) is 20.4 Å². The number of rotatable bonds is 4. The lowest BCUT2D eigenvalue weighted by Crippen LogP contribution is -2.05. The monoisotopic (exact) mass is 321 g/mol. The van der Waals surface area contributed by atoms with E-state index in [4.69, 9.17) is 4.74 Å². The molecule has 0 fully saturated rings. The molecule has 3 aromatic rings. The highest BCUT2D eigenvalue weighted by molar-refractivity contribution is 6.08. The molecule has 0 aliphatic carbocycles. The van der Waals surface area contributed by atoms with Crippen molar-refractivity contribution in [3.8, 4) is 0 Å². The minimum Gasteiger partial charge on any atom is -0.465 e. The lowest BCUT2D eigenvalue weighted by molar-refractivity contribution is 0.0600. The molecule has 24 heavy (non-hydrogen) atoms. The third-order valence-corrected chi connectivity index (χ3v) is 4.30. The Labute approximate surface area is 140 Å². The molecule has 4 nitrogen and oxygen atoms in total. The van der Waals surface area contributed by atoms with Crippen molar-refractivity contribution < 1.29 is 14.3 Å². The molecule has 0 atom stereocenters. The van der Waals surface area contributed by atoms with E-state index in [1.807, 2.05) is 43.3 Å². The Kier molecular flexibility index (Phi) is 4.21. The molecule has 2 aromatic carbocycles. The number of fused-ring (bicyclic) bond motifs is 1. The minimum atomic E-state index is -0.344. The highest BCUT2D eigenvalue weighted by Gasteiger charge is 2.17. The van der Waals surface area contributed by atoms with Gasteiger partial charge in [-0.1, -0.05) is 30.3 Å². The number of para-hydroxylation sites is 1. The standard InChI is InChI=1S/C20H19NO3/c1-13-19(14(2)22)17-6-4-5-7-18(17)21(13)12-15-8-10-16(11-9-15)20(23)24-3/h4-11H,12H2,1-3H3. The lowest BCUT2D eigenvalue weighted by Gasteiger charge is -2.09. The number of Topliss-reactive ketones (excluding diaryl/α,β-unsaturated/α-hetero) is 1. The van der Waals surface area contributed by atoms with Crippen LogP contribution >= 0.6 is 0 Å². The number of methoxy groups -OCH3 is 1. The van der Waals surface area contributed by atoms with Crippen LogP contribution in [-0.4, -0.2) is 23.4 Å². The second-order valence-electron chi connectivity index (χ2n) is 5.81. The molecule has 0 radical (unpaired) electrons. The SMILES string of the molecule is COC(=O)c1ccc(Cn2c(C)c(C(C)=O)c3ccccc32)cc1. The predicted octanol–water partition coefficient (Wildman–Crippen LogP) is 3.99. The van der Waals surface area contributed by atoms with Crippen LogP contribution in [0.25, 0.3) is 10.9 Å². The van der Waals surface area contributed by atoms with Crippen LogP contribution in [-0.2, 0) is 11.3 Å². The first-order valence-electron chi connectivity index (χ1n) is 7.79. The maximum absolute atomic E-state index is 12.0.